The van der Waals surface area contributed by atoms with Crippen molar-refractivity contribution in [2.24, 2.45) is 11.5 Å². The van der Waals surface area contributed by atoms with Gasteiger partial charge in [-0.05, 0) is 24.6 Å². The molecule has 0 heterocycles. The second-order valence-corrected chi connectivity index (χ2v) is 0.770. The molecule has 6 heavy (non-hydrogen) atoms. The van der Waals surface area contributed by atoms with Gasteiger partial charge in [0.25, 0.3) is 0 Å². The van der Waals surface area contributed by atoms with Gasteiger partial charge in [0.1, 0.15) is 0 Å². The lowest BCUT2D eigenvalue weighted by atomic mass is 10.6. The second kappa shape index (κ2) is 4.08. The summed E-state index contributed by atoms with van der Waals surface area (Å²) in [5.74, 6) is 0. The van der Waals surface area contributed by atoms with Gasteiger partial charge in [0.05, 0.1) is 0 Å². The van der Waals surface area contributed by atoms with Crippen molar-refractivity contribution in [1.29, 1.82) is 0 Å². The molecule has 0 aromatic carbocycles. The van der Waals surface area contributed by atoms with E-state index >= 15 is 0 Å². The first-order valence-electron chi connectivity index (χ1n) is 1.67. The molecule has 4 N–H and O–H groups in total. The van der Waals surface area contributed by atoms with E-state index in [2.05, 4.69) is 0 Å². The van der Waals surface area contributed by atoms with Crippen LogP contribution in [-0.2, 0) is 0 Å². The Balaban J connectivity index is 0. The first-order chi connectivity index (χ1) is 2.91. The molecule has 0 radical (unpaired) electrons. The van der Waals surface area contributed by atoms with Crippen LogP contribution in [0.4, 0.5) is 0 Å². The Morgan fingerprint density at radius 2 is 1.33 bits per heavy atom. The van der Waals surface area contributed by atoms with E-state index in [1.165, 1.54) is 12.4 Å². The Hall–Kier alpha value is -0.920. The molecule has 36 valence electrons. The maximum absolute atomic E-state index is 4.93. The van der Waals surface area contributed by atoms with Crippen LogP contribution in [0.3, 0.4) is 0 Å². The highest BCUT2D eigenvalue weighted by Crippen LogP contribution is 1.62. The SMILES string of the molecule is N/C=C\C=C\N.[HH]. The fourth-order valence-electron chi connectivity index (χ4n) is 0.128. The first-order valence-corrected chi connectivity index (χ1v) is 1.67. The summed E-state index contributed by atoms with van der Waals surface area (Å²) in [6.07, 6.45) is 6.15. The van der Waals surface area contributed by atoms with Crippen molar-refractivity contribution in [3.63, 3.8) is 0 Å². The summed E-state index contributed by atoms with van der Waals surface area (Å²) in [4.78, 5) is 0. The second-order valence-electron chi connectivity index (χ2n) is 0.770. The fraction of sp³-hybridized carbons (Fsp3) is 0. The molecule has 0 saturated heterocycles. The highest BCUT2D eigenvalue weighted by molar-refractivity contribution is 4.97. The number of hydrogen-bond donors (Lipinski definition) is 2. The minimum Gasteiger partial charge on any atom is -0.405 e. The minimum absolute atomic E-state index is 0. The van der Waals surface area contributed by atoms with Crippen molar-refractivity contribution in [2.75, 3.05) is 0 Å². The van der Waals surface area contributed by atoms with Crippen molar-refractivity contribution in [3.05, 3.63) is 24.6 Å². The molecular formula is C4H10N2. The van der Waals surface area contributed by atoms with Crippen LogP contribution in [0.1, 0.15) is 1.43 Å². The standard InChI is InChI=1S/C4H8N2.H2/c5-3-1-2-4-6;/h1-4H,5-6H2;1H/b3-1-,4-2+;. The van der Waals surface area contributed by atoms with Gasteiger partial charge in [-0.3, -0.25) is 0 Å². The van der Waals surface area contributed by atoms with E-state index < -0.39 is 0 Å². The van der Waals surface area contributed by atoms with Crippen LogP contribution in [-0.4, -0.2) is 0 Å². The van der Waals surface area contributed by atoms with Crippen molar-refractivity contribution in [1.82, 2.24) is 0 Å². The smallest absolute Gasteiger partial charge is 0 e. The predicted octanol–water partition coefficient (Wildman–Crippen LogP) is 0.177. The van der Waals surface area contributed by atoms with Crippen LogP contribution < -0.4 is 11.5 Å². The Labute approximate surface area is 38.6 Å². The van der Waals surface area contributed by atoms with Crippen molar-refractivity contribution in [3.8, 4) is 0 Å². The summed E-state index contributed by atoms with van der Waals surface area (Å²) in [6.45, 7) is 0. The normalized spacial score (nSPS) is 11.3. The van der Waals surface area contributed by atoms with Crippen molar-refractivity contribution < 1.29 is 1.43 Å². The lowest BCUT2D eigenvalue weighted by molar-refractivity contribution is 1.56. The summed E-state index contributed by atoms with van der Waals surface area (Å²) in [5.41, 5.74) is 9.85. The average Bonchev–Trinajstić information content (AvgIpc) is 1.61. The summed E-state index contributed by atoms with van der Waals surface area (Å²) >= 11 is 0. The van der Waals surface area contributed by atoms with Gasteiger partial charge in [-0.1, -0.05) is 0 Å². The average molecular weight is 86.1 g/mol. The zero-order valence-electron chi connectivity index (χ0n) is 3.46. The molecule has 0 spiro atoms. The molecule has 0 atom stereocenters. The highest BCUT2D eigenvalue weighted by atomic mass is 14.5. The first kappa shape index (κ1) is 5.08. The van der Waals surface area contributed by atoms with E-state index in [1.807, 2.05) is 0 Å². The topological polar surface area (TPSA) is 52.0 Å². The van der Waals surface area contributed by atoms with Crippen LogP contribution in [0.25, 0.3) is 0 Å². The summed E-state index contributed by atoms with van der Waals surface area (Å²) in [7, 11) is 0. The van der Waals surface area contributed by atoms with Gasteiger partial charge in [-0.25, -0.2) is 0 Å². The molecule has 0 aliphatic rings. The third kappa shape index (κ3) is 3.08. The molecule has 0 saturated carbocycles. The van der Waals surface area contributed by atoms with Gasteiger partial charge in [-0.2, -0.15) is 0 Å². The van der Waals surface area contributed by atoms with Crippen LogP contribution in [0, 0.1) is 0 Å². The van der Waals surface area contributed by atoms with Gasteiger partial charge in [0.2, 0.25) is 0 Å². The molecule has 0 aromatic heterocycles. The molecule has 0 aliphatic heterocycles. The Morgan fingerprint density at radius 3 is 1.50 bits per heavy atom. The molecular weight excluding hydrogens is 76.1 g/mol. The summed E-state index contributed by atoms with van der Waals surface area (Å²) in [6, 6.07) is 0. The molecule has 0 unspecified atom stereocenters. The quantitative estimate of drug-likeness (QED) is 0.447. The third-order valence-corrected chi connectivity index (χ3v) is 0.333. The molecule has 0 fully saturated rings. The van der Waals surface area contributed by atoms with Crippen LogP contribution in [0.15, 0.2) is 24.6 Å². The van der Waals surface area contributed by atoms with E-state index in [-0.39, 0.29) is 1.43 Å². The predicted molar refractivity (Wildman–Crippen MR) is 28.8 cm³/mol. The molecule has 2 heteroatoms. The maximum atomic E-state index is 4.93. The minimum atomic E-state index is 0. The number of nitrogens with two attached hydrogens (primary N) is 2. The summed E-state index contributed by atoms with van der Waals surface area (Å²) in [5, 5.41) is 0. The van der Waals surface area contributed by atoms with E-state index in [0.29, 0.717) is 0 Å². The molecule has 0 aliphatic carbocycles. The van der Waals surface area contributed by atoms with Crippen molar-refractivity contribution >= 4 is 0 Å². The van der Waals surface area contributed by atoms with Gasteiger partial charge in [0.15, 0.2) is 0 Å². The van der Waals surface area contributed by atoms with Gasteiger partial charge >= 0.3 is 0 Å². The Bertz CT molecular complexity index is 58.1. The van der Waals surface area contributed by atoms with E-state index in [4.69, 9.17) is 11.5 Å². The largest absolute Gasteiger partial charge is 0.405 e. The van der Waals surface area contributed by atoms with Crippen LogP contribution in [0.2, 0.25) is 0 Å². The summed E-state index contributed by atoms with van der Waals surface area (Å²) < 4.78 is 0. The zero-order chi connectivity index (χ0) is 4.83. The number of allylic oxidation sites excluding steroid dienone is 2. The van der Waals surface area contributed by atoms with Gasteiger partial charge < -0.3 is 11.5 Å². The lowest BCUT2D eigenvalue weighted by Gasteiger charge is -1.64. The maximum Gasteiger partial charge on any atom is 0 e. The van der Waals surface area contributed by atoms with Gasteiger partial charge in [-0.15, -0.1) is 0 Å². The number of hydrogen-bond acceptors (Lipinski definition) is 2. The fourth-order valence-corrected chi connectivity index (χ4v) is 0.128. The monoisotopic (exact) mass is 86.1 g/mol. The van der Waals surface area contributed by atoms with Crippen LogP contribution in [0.5, 0.6) is 0 Å². The highest BCUT2D eigenvalue weighted by Gasteiger charge is 1.48. The van der Waals surface area contributed by atoms with Gasteiger partial charge in [0, 0.05) is 1.43 Å². The lowest BCUT2D eigenvalue weighted by Crippen LogP contribution is -1.75. The van der Waals surface area contributed by atoms with Crippen molar-refractivity contribution in [2.45, 2.75) is 0 Å². The van der Waals surface area contributed by atoms with Crippen LogP contribution >= 0.6 is 0 Å². The molecule has 0 rings (SSSR count). The Morgan fingerprint density at radius 1 is 1.00 bits per heavy atom. The third-order valence-electron chi connectivity index (χ3n) is 0.333. The molecule has 0 bridgehead atoms. The van der Waals surface area contributed by atoms with E-state index in [0.717, 1.165) is 0 Å². The van der Waals surface area contributed by atoms with E-state index in [9.17, 15) is 0 Å². The molecule has 2 nitrogen and oxygen atoms in total. The Kier molecular flexibility index (Phi) is 3.45. The molecule has 0 aromatic rings. The zero-order valence-corrected chi connectivity index (χ0v) is 3.46. The van der Waals surface area contributed by atoms with E-state index in [1.54, 1.807) is 12.2 Å². The number of rotatable bonds is 1. The molecule has 0 amide bonds.